The summed E-state index contributed by atoms with van der Waals surface area (Å²) < 4.78 is 6.84. The predicted octanol–water partition coefficient (Wildman–Crippen LogP) is 16.0. The van der Waals surface area contributed by atoms with Crippen molar-refractivity contribution in [3.63, 3.8) is 0 Å². The third-order valence-corrected chi connectivity index (χ3v) is 11.5. The second-order valence-electron chi connectivity index (χ2n) is 14.9. The minimum Gasteiger partial charge on any atom is -0.454 e. The maximum Gasteiger partial charge on any atom is 0.159 e. The number of para-hydroxylation sites is 1. The molecule has 2 heteroatoms. The van der Waals surface area contributed by atoms with Crippen molar-refractivity contribution in [3.05, 3.63) is 224 Å². The Kier molecular flexibility index (Phi) is 8.19. The van der Waals surface area contributed by atoms with Crippen LogP contribution >= 0.6 is 0 Å². The van der Waals surface area contributed by atoms with Crippen molar-refractivity contribution in [2.75, 3.05) is 4.90 Å². The molecule has 1 aromatic heterocycles. The summed E-state index contributed by atoms with van der Waals surface area (Å²) in [6.07, 6.45) is 0. The van der Waals surface area contributed by atoms with Gasteiger partial charge < -0.3 is 9.32 Å². The van der Waals surface area contributed by atoms with Gasteiger partial charge in [-0.2, -0.15) is 0 Å². The Bertz CT molecular complexity index is 3250. The molecule has 0 fully saturated rings. The summed E-state index contributed by atoms with van der Waals surface area (Å²) in [6.45, 7) is 0. The molecule has 2 nitrogen and oxygen atoms in total. The van der Waals surface area contributed by atoms with Gasteiger partial charge in [0.1, 0.15) is 5.58 Å². The van der Waals surface area contributed by atoms with Crippen molar-refractivity contribution in [2.45, 2.75) is 0 Å². The van der Waals surface area contributed by atoms with Crippen LogP contribution in [0.15, 0.2) is 229 Å². The van der Waals surface area contributed by atoms with Crippen LogP contribution in [0, 0.1) is 0 Å². The van der Waals surface area contributed by atoms with E-state index >= 15 is 0 Å². The van der Waals surface area contributed by atoms with Crippen LogP contribution in [-0.2, 0) is 0 Å². The average molecular weight is 740 g/mol. The van der Waals surface area contributed by atoms with E-state index in [1.165, 1.54) is 54.9 Å². The third-order valence-electron chi connectivity index (χ3n) is 11.5. The lowest BCUT2D eigenvalue weighted by Crippen LogP contribution is -2.10. The Hall–Kier alpha value is -7.68. The minimum atomic E-state index is 0.855. The first-order chi connectivity index (χ1) is 28.7. The molecule has 0 aliphatic rings. The first-order valence-electron chi connectivity index (χ1n) is 19.8. The highest BCUT2D eigenvalue weighted by Crippen LogP contribution is 2.44. The van der Waals surface area contributed by atoms with Gasteiger partial charge in [-0.15, -0.1) is 0 Å². The van der Waals surface area contributed by atoms with Crippen molar-refractivity contribution in [3.8, 4) is 44.5 Å². The fraction of sp³-hybridized carbons (Fsp3) is 0. The third kappa shape index (κ3) is 5.91. The molecule has 0 unspecified atom stereocenters. The van der Waals surface area contributed by atoms with E-state index in [0.29, 0.717) is 0 Å². The van der Waals surface area contributed by atoms with Gasteiger partial charge in [-0.05, 0) is 115 Å². The van der Waals surface area contributed by atoms with Gasteiger partial charge in [0.15, 0.2) is 5.58 Å². The number of nitrogens with zero attached hydrogens (tertiary/aromatic N) is 1. The van der Waals surface area contributed by atoms with Crippen molar-refractivity contribution >= 4 is 60.5 Å². The molecule has 11 rings (SSSR count). The summed E-state index contributed by atoms with van der Waals surface area (Å²) in [7, 11) is 0. The standard InChI is InChI=1S/C56H37NO/c1-3-12-38(13-4-1)44-29-35-52-53-22-11-23-54(56(53)58-55(52)37-44)57(47-32-26-42(27-33-47)50-20-9-17-41-16-7-8-19-48(41)50)46-30-24-39(25-31-46)43-28-34-51-45(36-43)18-10-21-49(51)40-14-5-2-6-15-40/h1-37H. The van der Waals surface area contributed by atoms with Gasteiger partial charge in [-0.1, -0.05) is 176 Å². The molecule has 0 radical (unpaired) electrons. The summed E-state index contributed by atoms with van der Waals surface area (Å²) in [6, 6.07) is 80.5. The van der Waals surface area contributed by atoms with Gasteiger partial charge in [0.25, 0.3) is 0 Å². The molecule has 0 N–H and O–H groups in total. The first-order valence-corrected chi connectivity index (χ1v) is 19.8. The number of hydrogen-bond donors (Lipinski definition) is 0. The number of anilines is 3. The molecule has 272 valence electrons. The zero-order valence-corrected chi connectivity index (χ0v) is 31.7. The van der Waals surface area contributed by atoms with Gasteiger partial charge in [-0.3, -0.25) is 0 Å². The molecule has 11 aromatic rings. The Morgan fingerprint density at radius 2 is 0.776 bits per heavy atom. The summed E-state index contributed by atoms with van der Waals surface area (Å²) >= 11 is 0. The van der Waals surface area contributed by atoms with E-state index in [9.17, 15) is 0 Å². The van der Waals surface area contributed by atoms with Gasteiger partial charge in [0.2, 0.25) is 0 Å². The average Bonchev–Trinajstić information content (AvgIpc) is 3.68. The van der Waals surface area contributed by atoms with E-state index < -0.39 is 0 Å². The summed E-state index contributed by atoms with van der Waals surface area (Å²) in [5.74, 6) is 0. The lowest BCUT2D eigenvalue weighted by atomic mass is 9.95. The molecule has 1 heterocycles. The lowest BCUT2D eigenvalue weighted by Gasteiger charge is -2.26. The van der Waals surface area contributed by atoms with Gasteiger partial charge >= 0.3 is 0 Å². The molecular weight excluding hydrogens is 703 g/mol. The molecule has 10 aromatic carbocycles. The first kappa shape index (κ1) is 33.6. The van der Waals surface area contributed by atoms with E-state index in [4.69, 9.17) is 4.42 Å². The summed E-state index contributed by atoms with van der Waals surface area (Å²) in [5.41, 5.74) is 14.3. The number of hydrogen-bond acceptors (Lipinski definition) is 2. The van der Waals surface area contributed by atoms with Gasteiger partial charge in [-0.25, -0.2) is 0 Å². The fourth-order valence-corrected chi connectivity index (χ4v) is 8.60. The van der Waals surface area contributed by atoms with Crippen LogP contribution in [0.5, 0.6) is 0 Å². The van der Waals surface area contributed by atoms with Crippen molar-refractivity contribution in [1.29, 1.82) is 0 Å². The molecule has 0 bridgehead atoms. The Balaban J connectivity index is 1.02. The van der Waals surface area contributed by atoms with Crippen LogP contribution in [0.3, 0.4) is 0 Å². The zero-order chi connectivity index (χ0) is 38.4. The molecule has 58 heavy (non-hydrogen) atoms. The van der Waals surface area contributed by atoms with Crippen LogP contribution in [0.25, 0.3) is 88.0 Å². The molecular formula is C56H37NO. The number of furan rings is 1. The van der Waals surface area contributed by atoms with Gasteiger partial charge in [0, 0.05) is 22.1 Å². The molecule has 0 atom stereocenters. The highest BCUT2D eigenvalue weighted by molar-refractivity contribution is 6.11. The Morgan fingerprint density at radius 1 is 0.293 bits per heavy atom. The molecule has 0 saturated heterocycles. The number of fused-ring (bicyclic) bond motifs is 5. The maximum atomic E-state index is 6.84. The van der Waals surface area contributed by atoms with Crippen molar-refractivity contribution < 1.29 is 4.42 Å². The topological polar surface area (TPSA) is 16.4 Å². The lowest BCUT2D eigenvalue weighted by molar-refractivity contribution is 0.669. The van der Waals surface area contributed by atoms with Crippen LogP contribution in [-0.4, -0.2) is 0 Å². The predicted molar refractivity (Wildman–Crippen MR) is 245 cm³/mol. The van der Waals surface area contributed by atoms with Crippen LogP contribution in [0.1, 0.15) is 0 Å². The number of benzene rings is 10. The SMILES string of the molecule is c1ccc(-c2ccc3c(c2)oc2c(N(c4ccc(-c5ccc6c(-c7ccccc7)cccc6c5)cc4)c4ccc(-c5cccc6ccccc56)cc4)cccc23)cc1. The van der Waals surface area contributed by atoms with Gasteiger partial charge in [0.05, 0.1) is 5.69 Å². The summed E-state index contributed by atoms with van der Waals surface area (Å²) in [4.78, 5) is 2.33. The van der Waals surface area contributed by atoms with Crippen molar-refractivity contribution in [1.82, 2.24) is 0 Å². The maximum absolute atomic E-state index is 6.84. The van der Waals surface area contributed by atoms with Crippen molar-refractivity contribution in [2.24, 2.45) is 0 Å². The largest absolute Gasteiger partial charge is 0.454 e. The molecule has 0 spiro atoms. The van der Waals surface area contributed by atoms with Crippen LogP contribution in [0.4, 0.5) is 17.1 Å². The van der Waals surface area contributed by atoms with E-state index in [1.807, 2.05) is 0 Å². The van der Waals surface area contributed by atoms with E-state index in [-0.39, 0.29) is 0 Å². The molecule has 0 aliphatic carbocycles. The van der Waals surface area contributed by atoms with Crippen LogP contribution < -0.4 is 4.90 Å². The molecule has 0 aliphatic heterocycles. The Labute approximate surface area is 337 Å². The summed E-state index contributed by atoms with van der Waals surface area (Å²) in [5, 5.41) is 7.15. The zero-order valence-electron chi connectivity index (χ0n) is 31.7. The molecule has 0 amide bonds. The smallest absolute Gasteiger partial charge is 0.159 e. The van der Waals surface area contributed by atoms with E-state index in [2.05, 4.69) is 229 Å². The molecule has 0 saturated carbocycles. The minimum absolute atomic E-state index is 0.855. The fourth-order valence-electron chi connectivity index (χ4n) is 8.60. The quantitative estimate of drug-likeness (QED) is 0.162. The van der Waals surface area contributed by atoms with E-state index in [1.54, 1.807) is 0 Å². The van der Waals surface area contributed by atoms with E-state index in [0.717, 1.165) is 50.1 Å². The second-order valence-corrected chi connectivity index (χ2v) is 14.9. The Morgan fingerprint density at radius 3 is 1.50 bits per heavy atom. The monoisotopic (exact) mass is 739 g/mol. The second kappa shape index (κ2) is 14.1. The highest BCUT2D eigenvalue weighted by Gasteiger charge is 2.20. The highest BCUT2D eigenvalue weighted by atomic mass is 16.3. The normalized spacial score (nSPS) is 11.4. The number of rotatable bonds is 7. The van der Waals surface area contributed by atoms with Crippen LogP contribution in [0.2, 0.25) is 0 Å².